The van der Waals surface area contributed by atoms with E-state index >= 15 is 0 Å². The van der Waals surface area contributed by atoms with Crippen molar-refractivity contribution in [1.82, 2.24) is 4.90 Å². The predicted octanol–water partition coefficient (Wildman–Crippen LogP) is 3.91. The summed E-state index contributed by atoms with van der Waals surface area (Å²) in [6.45, 7) is -0.128. The number of halogens is 1. The number of esters is 1. The van der Waals surface area contributed by atoms with Gasteiger partial charge in [0.1, 0.15) is 0 Å². The lowest BCUT2D eigenvalue weighted by atomic mass is 9.79. The minimum atomic E-state index is -3.17. The molecule has 1 saturated heterocycles. The molecule has 2 aliphatic rings. The van der Waals surface area contributed by atoms with Crippen LogP contribution in [0, 0.1) is 0 Å². The Labute approximate surface area is 199 Å². The molecule has 0 N–H and O–H groups in total. The fourth-order valence-corrected chi connectivity index (χ4v) is 6.79. The maximum absolute atomic E-state index is 13.2. The highest BCUT2D eigenvalue weighted by atomic mass is 35.5. The van der Waals surface area contributed by atoms with Gasteiger partial charge in [0.05, 0.1) is 16.9 Å². The second kappa shape index (κ2) is 9.85. The van der Waals surface area contributed by atoms with Crippen LogP contribution in [0.1, 0.15) is 43.2 Å². The summed E-state index contributed by atoms with van der Waals surface area (Å²) < 4.78 is 29.7. The van der Waals surface area contributed by atoms with Crippen molar-refractivity contribution in [2.24, 2.45) is 0 Å². The van der Waals surface area contributed by atoms with E-state index in [1.807, 2.05) is 42.5 Å². The van der Waals surface area contributed by atoms with Gasteiger partial charge in [-0.15, -0.1) is 0 Å². The summed E-state index contributed by atoms with van der Waals surface area (Å²) >= 11 is 6.02. The van der Waals surface area contributed by atoms with Crippen LogP contribution in [-0.4, -0.2) is 49.3 Å². The molecule has 1 atom stereocenters. The molecule has 4 rings (SSSR count). The molecule has 2 aromatic rings. The molecule has 8 heteroatoms. The van der Waals surface area contributed by atoms with Gasteiger partial charge in [-0.25, -0.2) is 8.42 Å². The first-order chi connectivity index (χ1) is 15.8. The third-order valence-corrected chi connectivity index (χ3v) is 8.74. The molecule has 1 saturated carbocycles. The Hall–Kier alpha value is -2.38. The van der Waals surface area contributed by atoms with E-state index in [4.69, 9.17) is 16.3 Å². The fraction of sp³-hybridized carbons (Fsp3) is 0.440. The minimum Gasteiger partial charge on any atom is -0.455 e. The Morgan fingerprint density at radius 3 is 2.30 bits per heavy atom. The van der Waals surface area contributed by atoms with Crippen molar-refractivity contribution in [3.8, 4) is 0 Å². The van der Waals surface area contributed by atoms with E-state index in [1.165, 1.54) is 0 Å². The van der Waals surface area contributed by atoms with Gasteiger partial charge in [-0.05, 0) is 42.5 Å². The summed E-state index contributed by atoms with van der Waals surface area (Å²) in [4.78, 5) is 28.0. The Morgan fingerprint density at radius 2 is 1.70 bits per heavy atom. The van der Waals surface area contributed by atoms with Crippen LogP contribution in [0.25, 0.3) is 0 Å². The number of sulfone groups is 1. The number of hydrogen-bond donors (Lipinski definition) is 0. The van der Waals surface area contributed by atoms with E-state index in [1.54, 1.807) is 17.0 Å². The number of benzene rings is 2. The van der Waals surface area contributed by atoms with Crippen LogP contribution in [0.4, 0.5) is 0 Å². The monoisotopic (exact) mass is 489 g/mol. The highest BCUT2D eigenvalue weighted by Gasteiger charge is 2.44. The smallest absolute Gasteiger partial charge is 0.317 e. The van der Waals surface area contributed by atoms with Crippen LogP contribution in [0.2, 0.25) is 5.02 Å². The molecular weight excluding hydrogens is 462 g/mol. The number of ether oxygens (including phenoxy) is 1. The Morgan fingerprint density at radius 1 is 1.03 bits per heavy atom. The van der Waals surface area contributed by atoms with Crippen molar-refractivity contribution in [2.75, 3.05) is 18.1 Å². The van der Waals surface area contributed by atoms with Crippen LogP contribution >= 0.6 is 11.6 Å². The Bertz CT molecular complexity index is 1100. The zero-order chi connectivity index (χ0) is 23.5. The minimum absolute atomic E-state index is 0.0613. The molecule has 0 spiro atoms. The van der Waals surface area contributed by atoms with Crippen molar-refractivity contribution in [3.05, 3.63) is 70.7 Å². The normalized spacial score (nSPS) is 20.9. The zero-order valence-electron chi connectivity index (χ0n) is 18.4. The lowest BCUT2D eigenvalue weighted by Crippen LogP contribution is -2.44. The Kier molecular flexibility index (Phi) is 7.10. The van der Waals surface area contributed by atoms with Crippen molar-refractivity contribution in [1.29, 1.82) is 0 Å². The second-order valence-corrected chi connectivity index (χ2v) is 11.6. The van der Waals surface area contributed by atoms with Crippen molar-refractivity contribution >= 4 is 33.3 Å². The maximum atomic E-state index is 13.2. The highest BCUT2D eigenvalue weighted by molar-refractivity contribution is 7.91. The first-order valence-corrected chi connectivity index (χ1v) is 13.5. The van der Waals surface area contributed by atoms with Crippen LogP contribution < -0.4 is 0 Å². The molecule has 2 aromatic carbocycles. The molecule has 2 fully saturated rings. The van der Waals surface area contributed by atoms with Crippen LogP contribution in [-0.2, 0) is 36.1 Å². The quantitative estimate of drug-likeness (QED) is 0.551. The molecule has 1 heterocycles. The summed E-state index contributed by atoms with van der Waals surface area (Å²) in [5, 5.41) is 0.596. The lowest BCUT2D eigenvalue weighted by molar-refractivity contribution is -0.158. The number of rotatable bonds is 7. The average Bonchev–Trinajstić information content (AvgIpc) is 3.44. The zero-order valence-corrected chi connectivity index (χ0v) is 20.0. The highest BCUT2D eigenvalue weighted by Crippen LogP contribution is 2.42. The summed E-state index contributed by atoms with van der Waals surface area (Å²) in [5.41, 5.74) is 0.978. The van der Waals surface area contributed by atoms with Gasteiger partial charge in [-0.3, -0.25) is 9.59 Å². The molecule has 1 aliphatic heterocycles. The molecule has 0 unspecified atom stereocenters. The topological polar surface area (TPSA) is 80.8 Å². The molecule has 0 bridgehead atoms. The predicted molar refractivity (Wildman–Crippen MR) is 127 cm³/mol. The van der Waals surface area contributed by atoms with E-state index < -0.39 is 33.9 Å². The largest absolute Gasteiger partial charge is 0.455 e. The fourth-order valence-electron chi connectivity index (χ4n) is 4.93. The maximum Gasteiger partial charge on any atom is 0.317 e. The van der Waals surface area contributed by atoms with Gasteiger partial charge in [0.2, 0.25) is 0 Å². The van der Waals surface area contributed by atoms with E-state index in [2.05, 4.69) is 0 Å². The summed E-state index contributed by atoms with van der Waals surface area (Å²) in [7, 11) is -3.17. The molecular formula is C25H28ClNO5S. The third-order valence-electron chi connectivity index (χ3n) is 6.74. The van der Waals surface area contributed by atoms with Gasteiger partial charge in [0.25, 0.3) is 5.91 Å². The number of carbonyl (C=O) groups excluding carboxylic acids is 2. The van der Waals surface area contributed by atoms with Crippen molar-refractivity contribution in [2.45, 2.75) is 50.1 Å². The molecule has 176 valence electrons. The van der Waals surface area contributed by atoms with Gasteiger partial charge < -0.3 is 9.64 Å². The van der Waals surface area contributed by atoms with E-state index in [0.29, 0.717) is 24.3 Å². The van der Waals surface area contributed by atoms with Crippen molar-refractivity contribution < 1.29 is 22.7 Å². The molecule has 0 aromatic heterocycles. The van der Waals surface area contributed by atoms with E-state index in [9.17, 15) is 18.0 Å². The van der Waals surface area contributed by atoms with Gasteiger partial charge in [-0.2, -0.15) is 0 Å². The SMILES string of the molecule is O=C(COC(=O)C1(c2ccc(Cl)cc2)CCCC1)N(Cc1ccccc1)[C@@H]1CCS(=O)(=O)C1. The first-order valence-electron chi connectivity index (χ1n) is 11.3. The molecule has 0 radical (unpaired) electrons. The molecule has 1 aliphatic carbocycles. The van der Waals surface area contributed by atoms with E-state index in [-0.39, 0.29) is 24.0 Å². The van der Waals surface area contributed by atoms with Crippen molar-refractivity contribution in [3.63, 3.8) is 0 Å². The summed E-state index contributed by atoms with van der Waals surface area (Å²) in [6, 6.07) is 16.2. The second-order valence-electron chi connectivity index (χ2n) is 8.94. The van der Waals surface area contributed by atoms with Gasteiger partial charge in [0, 0.05) is 17.6 Å². The van der Waals surface area contributed by atoms with Gasteiger partial charge in [-0.1, -0.05) is 66.9 Å². The molecule has 33 heavy (non-hydrogen) atoms. The standard InChI is InChI=1S/C25H28ClNO5S/c26-21-10-8-20(9-11-21)25(13-4-5-14-25)24(29)32-17-23(28)27(16-19-6-2-1-3-7-19)22-12-15-33(30,31)18-22/h1-3,6-11,22H,4-5,12-18H2/t22-/m1/s1. The van der Waals surface area contributed by atoms with Crippen LogP contribution in [0.15, 0.2) is 54.6 Å². The molecule has 6 nitrogen and oxygen atoms in total. The van der Waals surface area contributed by atoms with E-state index in [0.717, 1.165) is 24.0 Å². The van der Waals surface area contributed by atoms with Crippen LogP contribution in [0.5, 0.6) is 0 Å². The van der Waals surface area contributed by atoms with Crippen LogP contribution in [0.3, 0.4) is 0 Å². The number of hydrogen-bond acceptors (Lipinski definition) is 5. The number of carbonyl (C=O) groups is 2. The summed E-state index contributed by atoms with van der Waals surface area (Å²) in [5.74, 6) is -0.780. The Balaban J connectivity index is 1.49. The lowest BCUT2D eigenvalue weighted by Gasteiger charge is -2.30. The third kappa shape index (κ3) is 5.41. The first kappa shape index (κ1) is 23.8. The summed E-state index contributed by atoms with van der Waals surface area (Å²) in [6.07, 6.45) is 3.54. The number of nitrogens with zero attached hydrogens (tertiary/aromatic N) is 1. The molecule has 1 amide bonds. The van der Waals surface area contributed by atoms with Gasteiger partial charge in [0.15, 0.2) is 16.4 Å². The van der Waals surface area contributed by atoms with Gasteiger partial charge >= 0.3 is 5.97 Å². The average molecular weight is 490 g/mol. The number of amides is 1.